The lowest BCUT2D eigenvalue weighted by Crippen LogP contribution is -2.51. The van der Waals surface area contributed by atoms with Gasteiger partial charge in [0.1, 0.15) is 5.78 Å². The van der Waals surface area contributed by atoms with Crippen molar-refractivity contribution in [2.45, 2.75) is 157 Å². The number of Topliss-reactive ketones (excluding diaryl/α,β-unsaturated/α-hetero) is 1. The van der Waals surface area contributed by atoms with Crippen LogP contribution < -0.4 is 5.30 Å². The fourth-order valence-electron chi connectivity index (χ4n) is 10.1. The Hall–Kier alpha value is -2.24. The Morgan fingerprint density at radius 1 is 0.467 bits per heavy atom. The molecule has 1 heterocycles. The van der Waals surface area contributed by atoms with Crippen molar-refractivity contribution in [3.8, 4) is 22.3 Å². The van der Waals surface area contributed by atoms with Crippen molar-refractivity contribution in [2.75, 3.05) is 0 Å². The van der Waals surface area contributed by atoms with Gasteiger partial charge in [-0.3, -0.25) is 4.79 Å². The molecule has 0 N–H and O–H groups in total. The van der Waals surface area contributed by atoms with Gasteiger partial charge >= 0.3 is 0 Å². The molecule has 2 spiro atoms. The highest BCUT2D eigenvalue weighted by Crippen LogP contribution is 2.73. The van der Waals surface area contributed by atoms with Gasteiger partial charge in [-0.15, -0.1) is 0 Å². The van der Waals surface area contributed by atoms with E-state index in [-0.39, 0.29) is 10.3 Å². The summed E-state index contributed by atoms with van der Waals surface area (Å²) in [6.07, 6.45) is 14.3. The normalized spacial score (nSPS) is 19.9. The zero-order chi connectivity index (χ0) is 32.4. The van der Waals surface area contributed by atoms with Crippen molar-refractivity contribution in [1.29, 1.82) is 0 Å². The van der Waals surface area contributed by atoms with Gasteiger partial charge in [0.2, 0.25) is 0 Å². The Morgan fingerprint density at radius 3 is 1.11 bits per heavy atom. The van der Waals surface area contributed by atoms with E-state index >= 15 is 0 Å². The predicted molar refractivity (Wildman–Crippen MR) is 197 cm³/mol. The van der Waals surface area contributed by atoms with Crippen molar-refractivity contribution in [2.24, 2.45) is 0 Å². The smallest absolute Gasteiger partial charge is 0.134 e. The maximum absolute atomic E-state index is 14.0. The van der Waals surface area contributed by atoms with Gasteiger partial charge in [0.15, 0.2) is 0 Å². The lowest BCUT2D eigenvalue weighted by Gasteiger charge is -2.58. The summed E-state index contributed by atoms with van der Waals surface area (Å²) in [7, 11) is -0.611. The fourth-order valence-corrected chi connectivity index (χ4v) is 15.2. The number of hydrogen-bond donors (Lipinski definition) is 0. The molecule has 1 aliphatic heterocycles. The molecule has 2 aliphatic carbocycles. The second-order valence-electron chi connectivity index (χ2n) is 15.5. The highest BCUT2D eigenvalue weighted by molar-refractivity contribution is 7.69. The van der Waals surface area contributed by atoms with E-state index in [4.69, 9.17) is 0 Å². The average molecular weight is 621 g/mol. The predicted octanol–water partition coefficient (Wildman–Crippen LogP) is 12.0. The molecule has 0 unspecified atom stereocenters. The number of carbonyl (C=O) groups is 1. The minimum absolute atomic E-state index is 0.123. The molecular formula is C43H57OP. The summed E-state index contributed by atoms with van der Waals surface area (Å²) >= 11 is 0. The van der Waals surface area contributed by atoms with Crippen LogP contribution >= 0.6 is 7.92 Å². The topological polar surface area (TPSA) is 17.1 Å². The number of rotatable bonds is 3. The van der Waals surface area contributed by atoms with Crippen LogP contribution in [0.15, 0.2) is 18.2 Å². The molecule has 3 aliphatic rings. The maximum atomic E-state index is 14.0. The van der Waals surface area contributed by atoms with Gasteiger partial charge in [-0.05, 0) is 178 Å². The zero-order valence-corrected chi connectivity index (χ0v) is 31.0. The van der Waals surface area contributed by atoms with Crippen molar-refractivity contribution >= 4 is 19.0 Å². The molecule has 0 amide bonds. The molecule has 6 rings (SSSR count). The summed E-state index contributed by atoms with van der Waals surface area (Å²) in [6.45, 7) is 23.5. The van der Waals surface area contributed by atoms with E-state index in [0.29, 0.717) is 5.78 Å². The van der Waals surface area contributed by atoms with Gasteiger partial charge in [-0.1, -0.05) is 64.6 Å². The first-order valence-electron chi connectivity index (χ1n) is 17.9. The maximum Gasteiger partial charge on any atom is 0.134 e. The van der Waals surface area contributed by atoms with E-state index in [2.05, 4.69) is 87.4 Å². The van der Waals surface area contributed by atoms with Crippen molar-refractivity contribution in [1.82, 2.24) is 0 Å². The molecule has 3 aromatic carbocycles. The Balaban J connectivity index is 1.80. The average Bonchev–Trinajstić information content (AvgIpc) is 3.02. The van der Waals surface area contributed by atoms with Crippen LogP contribution in [0.5, 0.6) is 0 Å². The summed E-state index contributed by atoms with van der Waals surface area (Å²) in [5.74, 6) is 0.570. The van der Waals surface area contributed by atoms with E-state index in [1.54, 1.807) is 5.30 Å². The first kappa shape index (κ1) is 32.7. The van der Waals surface area contributed by atoms with Gasteiger partial charge in [0, 0.05) is 23.2 Å². The van der Waals surface area contributed by atoms with Crippen LogP contribution in [0, 0.1) is 69.2 Å². The van der Waals surface area contributed by atoms with Crippen molar-refractivity contribution in [3.63, 3.8) is 0 Å². The number of hydrogen-bond acceptors (Lipinski definition) is 1. The summed E-state index contributed by atoms with van der Waals surface area (Å²) < 4.78 is 0. The molecule has 0 radical (unpaired) electrons. The third kappa shape index (κ3) is 5.10. The van der Waals surface area contributed by atoms with E-state index in [0.717, 1.165) is 12.8 Å². The molecular weight excluding hydrogens is 563 g/mol. The number of ketones is 1. The molecule has 2 heteroatoms. The Morgan fingerprint density at radius 2 is 0.778 bits per heavy atom. The van der Waals surface area contributed by atoms with Crippen molar-refractivity contribution < 1.29 is 4.79 Å². The molecule has 240 valence electrons. The Bertz CT molecular complexity index is 1500. The summed E-state index contributed by atoms with van der Waals surface area (Å²) in [6, 6.07) is 7.35. The first-order chi connectivity index (χ1) is 21.3. The summed E-state index contributed by atoms with van der Waals surface area (Å²) in [4.78, 5) is 14.0. The van der Waals surface area contributed by atoms with Gasteiger partial charge in [0.25, 0.3) is 0 Å². The van der Waals surface area contributed by atoms with Crippen LogP contribution in [0.4, 0.5) is 0 Å². The minimum atomic E-state index is -0.611. The fraction of sp³-hybridized carbons (Fsp3) is 0.558. The van der Waals surface area contributed by atoms with Gasteiger partial charge in [-0.2, -0.15) is 0 Å². The lowest BCUT2D eigenvalue weighted by atomic mass is 9.78. The monoisotopic (exact) mass is 620 g/mol. The molecule has 0 aromatic heterocycles. The van der Waals surface area contributed by atoms with Crippen LogP contribution in [-0.2, 0) is 4.79 Å². The van der Waals surface area contributed by atoms with Crippen LogP contribution in [-0.4, -0.2) is 16.1 Å². The molecule has 3 aromatic rings. The third-order valence-electron chi connectivity index (χ3n) is 13.4. The van der Waals surface area contributed by atoms with E-state index in [1.807, 2.05) is 0 Å². The van der Waals surface area contributed by atoms with E-state index in [9.17, 15) is 4.79 Å². The first-order valence-corrected chi connectivity index (χ1v) is 19.3. The number of carbonyl (C=O) groups excluding carboxylic acids is 1. The molecule has 45 heavy (non-hydrogen) atoms. The molecule has 1 nitrogen and oxygen atoms in total. The zero-order valence-electron chi connectivity index (χ0n) is 30.1. The minimum Gasteiger partial charge on any atom is -0.300 e. The molecule has 0 bridgehead atoms. The van der Waals surface area contributed by atoms with Crippen LogP contribution in [0.25, 0.3) is 22.3 Å². The van der Waals surface area contributed by atoms with Crippen molar-refractivity contribution in [3.05, 3.63) is 73.8 Å². The van der Waals surface area contributed by atoms with Crippen LogP contribution in [0.3, 0.4) is 0 Å². The Labute approximate surface area is 275 Å². The lowest BCUT2D eigenvalue weighted by molar-refractivity contribution is -0.121. The quantitative estimate of drug-likeness (QED) is 0.266. The van der Waals surface area contributed by atoms with Gasteiger partial charge < -0.3 is 0 Å². The van der Waals surface area contributed by atoms with Gasteiger partial charge in [0.05, 0.1) is 0 Å². The standard InChI is InChI=1S/C43H57OP/c1-26-28(3)32(7)39(33(8)29(26)4)37-18-17-19-38(40-34(9)30(5)27(2)31(6)35(40)10)41(37)45-42(20-13-11-14-21-42)24-36(44)25-43(45)22-15-12-16-23-43/h17-19H,11-16,20-25H2,1-10H3. The summed E-state index contributed by atoms with van der Waals surface area (Å²) in [5, 5.41) is 1.91. The highest BCUT2D eigenvalue weighted by atomic mass is 31.1. The number of benzene rings is 3. The third-order valence-corrected chi connectivity index (χ3v) is 17.4. The molecule has 2 saturated carbocycles. The largest absolute Gasteiger partial charge is 0.300 e. The second kappa shape index (κ2) is 12.1. The van der Waals surface area contributed by atoms with Crippen LogP contribution in [0.1, 0.15) is 133 Å². The van der Waals surface area contributed by atoms with E-state index < -0.39 is 7.92 Å². The molecule has 1 saturated heterocycles. The second-order valence-corrected chi connectivity index (χ2v) is 18.5. The highest BCUT2D eigenvalue weighted by Gasteiger charge is 2.57. The Kier molecular flexibility index (Phi) is 8.78. The SMILES string of the molecule is Cc1c(C)c(C)c(-c2cccc(-c3c(C)c(C)c(C)c(C)c3C)c2P2C3(CCCCC3)CC(=O)CC23CCCCC3)c(C)c1C. The van der Waals surface area contributed by atoms with Crippen LogP contribution in [0.2, 0.25) is 0 Å². The molecule has 0 atom stereocenters. The molecule has 3 fully saturated rings. The summed E-state index contributed by atoms with van der Waals surface area (Å²) in [5.41, 5.74) is 20.3. The van der Waals surface area contributed by atoms with Gasteiger partial charge in [-0.25, -0.2) is 0 Å². The van der Waals surface area contributed by atoms with E-state index in [1.165, 1.54) is 142 Å².